The van der Waals surface area contributed by atoms with Crippen LogP contribution in [0, 0.1) is 5.92 Å². The van der Waals surface area contributed by atoms with Crippen LogP contribution >= 0.6 is 11.8 Å². The monoisotopic (exact) mass is 281 g/mol. The Kier molecular flexibility index (Phi) is 4.04. The van der Waals surface area contributed by atoms with Crippen LogP contribution in [0.2, 0.25) is 0 Å². The Morgan fingerprint density at radius 2 is 2.21 bits per heavy atom. The predicted octanol–water partition coefficient (Wildman–Crippen LogP) is 1.10. The van der Waals surface area contributed by atoms with E-state index in [4.69, 9.17) is 0 Å². The first-order valence-corrected chi connectivity index (χ1v) is 7.00. The minimum absolute atomic E-state index is 0.143. The summed E-state index contributed by atoms with van der Waals surface area (Å²) in [5, 5.41) is 9.09. The second-order valence-corrected chi connectivity index (χ2v) is 5.77. The molecule has 1 saturated heterocycles. The molecule has 2 unspecified atom stereocenters. The number of thioether (sulfide) groups is 1. The topological polar surface area (TPSA) is 83.4 Å². The van der Waals surface area contributed by atoms with Gasteiger partial charge in [-0.1, -0.05) is 13.8 Å². The van der Waals surface area contributed by atoms with Gasteiger partial charge in [0.1, 0.15) is 11.7 Å². The molecule has 2 atom stereocenters. The number of carbonyl (C=O) groups excluding carboxylic acids is 1. The van der Waals surface area contributed by atoms with Crippen molar-refractivity contribution >= 4 is 23.6 Å². The van der Waals surface area contributed by atoms with Crippen molar-refractivity contribution in [1.82, 2.24) is 14.9 Å². The number of nitrogens with zero attached hydrogens (tertiary/aromatic N) is 3. The summed E-state index contributed by atoms with van der Waals surface area (Å²) in [6.07, 6.45) is 4.27. The third kappa shape index (κ3) is 2.70. The molecule has 1 N–H and O–H groups in total. The summed E-state index contributed by atoms with van der Waals surface area (Å²) in [5.41, 5.74) is 0.182. The van der Waals surface area contributed by atoms with Crippen LogP contribution in [0.4, 0.5) is 0 Å². The number of carboxylic acid groups (broad SMARTS) is 1. The Labute approximate surface area is 115 Å². The standard InChI is InChI=1S/C12H15N3O3S/c1-7(2)11-15(9(6-19-11)12(17)18)10(16)8-5-13-3-4-14-8/h3-5,7,9,11H,6H2,1-2H3,(H,17,18). The van der Waals surface area contributed by atoms with E-state index < -0.39 is 12.0 Å². The van der Waals surface area contributed by atoms with Gasteiger partial charge >= 0.3 is 5.97 Å². The molecule has 7 heteroatoms. The van der Waals surface area contributed by atoms with Gasteiger partial charge in [-0.05, 0) is 5.92 Å². The van der Waals surface area contributed by atoms with Crippen LogP contribution in [0.1, 0.15) is 24.3 Å². The lowest BCUT2D eigenvalue weighted by atomic mass is 10.1. The molecule has 0 saturated carbocycles. The van der Waals surface area contributed by atoms with Crippen LogP contribution in [0.15, 0.2) is 18.6 Å². The van der Waals surface area contributed by atoms with Gasteiger partial charge in [-0.3, -0.25) is 9.78 Å². The van der Waals surface area contributed by atoms with Crippen molar-refractivity contribution in [3.8, 4) is 0 Å². The van der Waals surface area contributed by atoms with Gasteiger partial charge in [-0.2, -0.15) is 0 Å². The van der Waals surface area contributed by atoms with Crippen molar-refractivity contribution in [1.29, 1.82) is 0 Å². The second kappa shape index (κ2) is 5.56. The maximum atomic E-state index is 12.4. The minimum atomic E-state index is -0.979. The van der Waals surface area contributed by atoms with E-state index in [0.717, 1.165) is 0 Å². The summed E-state index contributed by atoms with van der Waals surface area (Å²) in [7, 11) is 0. The van der Waals surface area contributed by atoms with Crippen LogP contribution in [0.3, 0.4) is 0 Å². The molecule has 0 spiro atoms. The van der Waals surface area contributed by atoms with Crippen LogP contribution < -0.4 is 0 Å². The fraction of sp³-hybridized carbons (Fsp3) is 0.500. The molecule has 0 aromatic carbocycles. The molecule has 1 aromatic heterocycles. The summed E-state index contributed by atoms with van der Waals surface area (Å²) < 4.78 is 0. The Balaban J connectivity index is 2.31. The minimum Gasteiger partial charge on any atom is -0.480 e. The molecule has 1 aromatic rings. The summed E-state index contributed by atoms with van der Waals surface area (Å²) >= 11 is 1.49. The SMILES string of the molecule is CC(C)C1SCC(C(=O)O)N1C(=O)c1cnccn1. The molecule has 2 heterocycles. The predicted molar refractivity (Wildman–Crippen MR) is 70.7 cm³/mol. The zero-order valence-corrected chi connectivity index (χ0v) is 11.5. The third-order valence-electron chi connectivity index (χ3n) is 2.91. The molecule has 2 rings (SSSR count). The first kappa shape index (κ1) is 13.8. The zero-order valence-electron chi connectivity index (χ0n) is 10.7. The molecular weight excluding hydrogens is 266 g/mol. The highest BCUT2D eigenvalue weighted by atomic mass is 32.2. The first-order valence-electron chi connectivity index (χ1n) is 5.95. The lowest BCUT2D eigenvalue weighted by molar-refractivity contribution is -0.141. The van der Waals surface area contributed by atoms with Crippen LogP contribution in [-0.4, -0.2) is 49.0 Å². The average molecular weight is 281 g/mol. The number of aliphatic carboxylic acids is 1. The highest BCUT2D eigenvalue weighted by molar-refractivity contribution is 8.00. The molecule has 0 aliphatic carbocycles. The Morgan fingerprint density at radius 1 is 1.47 bits per heavy atom. The number of amides is 1. The number of aromatic nitrogens is 2. The van der Waals surface area contributed by atoms with Crippen LogP contribution in [0.5, 0.6) is 0 Å². The van der Waals surface area contributed by atoms with Crippen LogP contribution in [0.25, 0.3) is 0 Å². The Bertz CT molecular complexity index is 480. The van der Waals surface area contributed by atoms with Crippen molar-refractivity contribution in [3.63, 3.8) is 0 Å². The van der Waals surface area contributed by atoms with Gasteiger partial charge in [0, 0.05) is 18.1 Å². The third-order valence-corrected chi connectivity index (χ3v) is 4.53. The number of carbonyl (C=O) groups is 2. The average Bonchev–Trinajstić information content (AvgIpc) is 2.83. The normalized spacial score (nSPS) is 22.8. The van der Waals surface area contributed by atoms with Gasteiger partial charge in [0.05, 0.1) is 11.6 Å². The Morgan fingerprint density at radius 3 is 2.74 bits per heavy atom. The van der Waals surface area contributed by atoms with Crippen molar-refractivity contribution in [2.24, 2.45) is 5.92 Å². The fourth-order valence-electron chi connectivity index (χ4n) is 2.03. The van der Waals surface area contributed by atoms with Crippen LogP contribution in [-0.2, 0) is 4.79 Å². The van der Waals surface area contributed by atoms with Crippen molar-refractivity contribution in [2.45, 2.75) is 25.3 Å². The maximum absolute atomic E-state index is 12.4. The second-order valence-electron chi connectivity index (χ2n) is 4.63. The molecule has 6 nitrogen and oxygen atoms in total. The number of rotatable bonds is 3. The van der Waals surface area contributed by atoms with Crippen molar-refractivity contribution < 1.29 is 14.7 Å². The summed E-state index contributed by atoms with van der Waals surface area (Å²) in [6, 6.07) is -0.799. The first-order chi connectivity index (χ1) is 9.02. The quantitative estimate of drug-likeness (QED) is 0.893. The van der Waals surface area contributed by atoms with E-state index in [9.17, 15) is 14.7 Å². The van der Waals surface area contributed by atoms with E-state index in [2.05, 4.69) is 9.97 Å². The summed E-state index contributed by atoms with van der Waals surface area (Å²) in [5.74, 6) is -0.767. The molecule has 0 radical (unpaired) electrons. The number of hydrogen-bond acceptors (Lipinski definition) is 5. The van der Waals surface area contributed by atoms with Gasteiger partial charge in [0.15, 0.2) is 0 Å². The van der Waals surface area contributed by atoms with E-state index in [1.165, 1.54) is 35.3 Å². The molecule has 1 aliphatic rings. The van der Waals surface area contributed by atoms with E-state index in [-0.39, 0.29) is 22.9 Å². The maximum Gasteiger partial charge on any atom is 0.327 e. The number of hydrogen-bond donors (Lipinski definition) is 1. The van der Waals surface area contributed by atoms with Crippen molar-refractivity contribution in [2.75, 3.05) is 5.75 Å². The molecular formula is C12H15N3O3S. The van der Waals surface area contributed by atoms with E-state index in [1.54, 1.807) is 0 Å². The highest BCUT2D eigenvalue weighted by Gasteiger charge is 2.43. The largest absolute Gasteiger partial charge is 0.480 e. The summed E-state index contributed by atoms with van der Waals surface area (Å²) in [4.78, 5) is 32.9. The fourth-order valence-corrected chi connectivity index (χ4v) is 3.50. The lowest BCUT2D eigenvalue weighted by Gasteiger charge is -2.29. The van der Waals surface area contributed by atoms with Gasteiger partial charge in [0.25, 0.3) is 5.91 Å². The van der Waals surface area contributed by atoms with Gasteiger partial charge in [0.2, 0.25) is 0 Å². The van der Waals surface area contributed by atoms with Crippen molar-refractivity contribution in [3.05, 3.63) is 24.3 Å². The molecule has 102 valence electrons. The summed E-state index contributed by atoms with van der Waals surface area (Å²) in [6.45, 7) is 3.94. The zero-order chi connectivity index (χ0) is 14.0. The Hall–Kier alpha value is -1.63. The van der Waals surface area contributed by atoms with E-state index in [1.807, 2.05) is 13.8 Å². The lowest BCUT2D eigenvalue weighted by Crippen LogP contribution is -2.47. The molecule has 1 amide bonds. The molecule has 1 aliphatic heterocycles. The molecule has 0 bridgehead atoms. The highest BCUT2D eigenvalue weighted by Crippen LogP contribution is 2.34. The van der Waals surface area contributed by atoms with E-state index >= 15 is 0 Å². The van der Waals surface area contributed by atoms with E-state index in [0.29, 0.717) is 5.75 Å². The van der Waals surface area contributed by atoms with Gasteiger partial charge in [-0.15, -0.1) is 11.8 Å². The smallest absolute Gasteiger partial charge is 0.327 e. The van der Waals surface area contributed by atoms with Gasteiger partial charge < -0.3 is 10.0 Å². The molecule has 1 fully saturated rings. The van der Waals surface area contributed by atoms with Gasteiger partial charge in [-0.25, -0.2) is 9.78 Å². The molecule has 19 heavy (non-hydrogen) atoms. The number of carboxylic acids is 1.